The van der Waals surface area contributed by atoms with Crippen molar-refractivity contribution >= 4 is 5.91 Å². The quantitative estimate of drug-likeness (QED) is 0.862. The van der Waals surface area contributed by atoms with Crippen molar-refractivity contribution < 1.29 is 9.18 Å². The van der Waals surface area contributed by atoms with Crippen LogP contribution < -0.4 is 5.56 Å². The van der Waals surface area contributed by atoms with Crippen LogP contribution in [-0.2, 0) is 24.3 Å². The summed E-state index contributed by atoms with van der Waals surface area (Å²) in [4.78, 5) is 37.1. The molecule has 2 aromatic rings. The molecule has 2 aliphatic heterocycles. The fourth-order valence-electron chi connectivity index (χ4n) is 4.54. The van der Waals surface area contributed by atoms with E-state index in [4.69, 9.17) is 4.98 Å². The van der Waals surface area contributed by atoms with E-state index in [0.29, 0.717) is 36.5 Å². The first-order chi connectivity index (χ1) is 14.1. The van der Waals surface area contributed by atoms with E-state index < -0.39 is 0 Å². The number of hydrogen-bond donors (Lipinski definition) is 1. The Morgan fingerprint density at radius 2 is 2.03 bits per heavy atom. The van der Waals surface area contributed by atoms with Gasteiger partial charge in [0.25, 0.3) is 5.56 Å². The zero-order valence-corrected chi connectivity index (χ0v) is 16.4. The Labute approximate surface area is 168 Å². The largest absolute Gasteiger partial charge is 0.332 e. The van der Waals surface area contributed by atoms with E-state index in [2.05, 4.69) is 9.88 Å². The molecule has 1 aliphatic carbocycles. The number of aromatic amines is 1. The predicted octanol–water partition coefficient (Wildman–Crippen LogP) is 2.54. The summed E-state index contributed by atoms with van der Waals surface area (Å²) in [7, 11) is 0. The number of carbonyl (C=O) groups is 1. The minimum atomic E-state index is -0.220. The maximum Gasteiger partial charge on any atom is 0.255 e. The van der Waals surface area contributed by atoms with Gasteiger partial charge in [0.2, 0.25) is 5.91 Å². The Hall–Kier alpha value is -2.54. The summed E-state index contributed by atoms with van der Waals surface area (Å²) in [6.45, 7) is 2.41. The van der Waals surface area contributed by atoms with Gasteiger partial charge in [0.05, 0.1) is 17.3 Å². The summed E-state index contributed by atoms with van der Waals surface area (Å²) in [6, 6.07) is 6.64. The van der Waals surface area contributed by atoms with Gasteiger partial charge in [0.15, 0.2) is 0 Å². The molecule has 1 saturated carbocycles. The van der Waals surface area contributed by atoms with Gasteiger partial charge in [0.1, 0.15) is 11.6 Å². The van der Waals surface area contributed by atoms with Gasteiger partial charge < -0.3 is 9.88 Å². The molecule has 152 valence electrons. The van der Waals surface area contributed by atoms with Crippen LogP contribution in [0.5, 0.6) is 0 Å². The zero-order chi connectivity index (χ0) is 20.0. The van der Waals surface area contributed by atoms with E-state index in [1.807, 2.05) is 11.0 Å². The standard InChI is InChI=1S/C22H25FN4O2/c23-17-5-2-1-4-15(17)12-26-11-9-18-16(13-26)21(28)25-20(24-18)19-6-3-10-27(19)22(29)14-7-8-14/h1-2,4-5,14,19H,3,6-13H2,(H,24,25,28)/t19-/m0/s1. The third kappa shape index (κ3) is 3.59. The fourth-order valence-corrected chi connectivity index (χ4v) is 4.54. The van der Waals surface area contributed by atoms with E-state index in [0.717, 1.165) is 44.5 Å². The molecule has 6 nitrogen and oxygen atoms in total. The lowest BCUT2D eigenvalue weighted by molar-refractivity contribution is -0.133. The number of aromatic nitrogens is 2. The van der Waals surface area contributed by atoms with Gasteiger partial charge in [-0.05, 0) is 31.7 Å². The van der Waals surface area contributed by atoms with Crippen molar-refractivity contribution in [1.29, 1.82) is 0 Å². The van der Waals surface area contributed by atoms with E-state index in [1.54, 1.807) is 12.1 Å². The SMILES string of the molecule is O=C(C1CC1)N1CCC[C@H]1c1nc2c(c(=O)[nH]1)CN(Cc1ccccc1F)CC2. The molecule has 1 saturated heterocycles. The third-order valence-corrected chi connectivity index (χ3v) is 6.30. The van der Waals surface area contributed by atoms with Gasteiger partial charge >= 0.3 is 0 Å². The summed E-state index contributed by atoms with van der Waals surface area (Å²) in [5.74, 6) is 0.793. The summed E-state index contributed by atoms with van der Waals surface area (Å²) < 4.78 is 14.0. The van der Waals surface area contributed by atoms with E-state index >= 15 is 0 Å². The normalized spacial score (nSPS) is 22.0. The van der Waals surface area contributed by atoms with Crippen molar-refractivity contribution in [3.05, 3.63) is 63.1 Å². The molecule has 7 heteroatoms. The molecule has 3 heterocycles. The van der Waals surface area contributed by atoms with Crippen LogP contribution >= 0.6 is 0 Å². The topological polar surface area (TPSA) is 69.3 Å². The number of nitrogens with one attached hydrogen (secondary N) is 1. The first-order valence-electron chi connectivity index (χ1n) is 10.5. The summed E-state index contributed by atoms with van der Waals surface area (Å²) in [5.41, 5.74) is 1.99. The zero-order valence-electron chi connectivity index (χ0n) is 16.4. The molecule has 1 amide bonds. The first-order valence-corrected chi connectivity index (χ1v) is 10.5. The fraction of sp³-hybridized carbons (Fsp3) is 0.500. The number of carbonyl (C=O) groups excluding carboxylic acids is 1. The van der Waals surface area contributed by atoms with Gasteiger partial charge in [-0.25, -0.2) is 9.37 Å². The number of amides is 1. The number of hydrogen-bond acceptors (Lipinski definition) is 4. The molecule has 0 bridgehead atoms. The van der Waals surface area contributed by atoms with Gasteiger partial charge in [-0.1, -0.05) is 18.2 Å². The molecular formula is C22H25FN4O2. The Morgan fingerprint density at radius 1 is 1.21 bits per heavy atom. The highest BCUT2D eigenvalue weighted by molar-refractivity contribution is 5.81. The lowest BCUT2D eigenvalue weighted by Gasteiger charge is -2.29. The van der Waals surface area contributed by atoms with E-state index in [9.17, 15) is 14.0 Å². The van der Waals surface area contributed by atoms with Crippen LogP contribution in [0.1, 0.15) is 54.4 Å². The lowest BCUT2D eigenvalue weighted by atomic mass is 10.0. The van der Waals surface area contributed by atoms with Crippen molar-refractivity contribution in [3.63, 3.8) is 0 Å². The molecule has 0 unspecified atom stereocenters. The van der Waals surface area contributed by atoms with Crippen LogP contribution in [0.15, 0.2) is 29.1 Å². The third-order valence-electron chi connectivity index (χ3n) is 6.30. The number of nitrogens with zero attached hydrogens (tertiary/aromatic N) is 3. The lowest BCUT2D eigenvalue weighted by Crippen LogP contribution is -2.38. The highest BCUT2D eigenvalue weighted by atomic mass is 19.1. The maximum atomic E-state index is 14.0. The highest BCUT2D eigenvalue weighted by Crippen LogP contribution is 2.37. The smallest absolute Gasteiger partial charge is 0.255 e. The average Bonchev–Trinajstić information content (AvgIpc) is 3.46. The van der Waals surface area contributed by atoms with E-state index in [1.165, 1.54) is 6.07 Å². The number of benzene rings is 1. The molecule has 0 spiro atoms. The Kier molecular flexibility index (Phi) is 4.70. The molecule has 1 N–H and O–H groups in total. The monoisotopic (exact) mass is 396 g/mol. The van der Waals surface area contributed by atoms with Crippen LogP contribution in [0.2, 0.25) is 0 Å². The minimum absolute atomic E-state index is 0.113. The van der Waals surface area contributed by atoms with Crippen LogP contribution in [0.25, 0.3) is 0 Å². The van der Waals surface area contributed by atoms with Crippen LogP contribution in [0.3, 0.4) is 0 Å². The summed E-state index contributed by atoms with van der Waals surface area (Å²) in [6.07, 6.45) is 4.41. The molecule has 29 heavy (non-hydrogen) atoms. The van der Waals surface area contributed by atoms with Crippen molar-refractivity contribution in [2.24, 2.45) is 5.92 Å². The Bertz CT molecular complexity index is 1000. The summed E-state index contributed by atoms with van der Waals surface area (Å²) in [5, 5.41) is 0. The van der Waals surface area contributed by atoms with Gasteiger partial charge in [0, 0.05) is 44.1 Å². The number of H-pyrrole nitrogens is 1. The molecule has 3 aliphatic rings. The average molecular weight is 396 g/mol. The second kappa shape index (κ2) is 7.37. The maximum absolute atomic E-state index is 14.0. The number of fused-ring (bicyclic) bond motifs is 1. The van der Waals surface area contributed by atoms with Crippen LogP contribution in [0, 0.1) is 11.7 Å². The molecule has 5 rings (SSSR count). The molecule has 2 fully saturated rings. The molecule has 0 radical (unpaired) electrons. The highest BCUT2D eigenvalue weighted by Gasteiger charge is 2.40. The van der Waals surface area contributed by atoms with Crippen LogP contribution in [0.4, 0.5) is 4.39 Å². The van der Waals surface area contributed by atoms with Crippen molar-refractivity contribution in [2.45, 2.75) is 51.2 Å². The molecular weight excluding hydrogens is 371 g/mol. The van der Waals surface area contributed by atoms with Gasteiger partial charge in [-0.2, -0.15) is 0 Å². The van der Waals surface area contributed by atoms with Crippen molar-refractivity contribution in [1.82, 2.24) is 19.8 Å². The van der Waals surface area contributed by atoms with Crippen molar-refractivity contribution in [2.75, 3.05) is 13.1 Å². The van der Waals surface area contributed by atoms with Gasteiger partial charge in [-0.15, -0.1) is 0 Å². The Balaban J connectivity index is 1.36. The molecule has 1 aromatic heterocycles. The van der Waals surface area contributed by atoms with Gasteiger partial charge in [-0.3, -0.25) is 14.5 Å². The first kappa shape index (κ1) is 18.5. The molecule has 1 atom stereocenters. The van der Waals surface area contributed by atoms with Crippen molar-refractivity contribution in [3.8, 4) is 0 Å². The number of rotatable bonds is 4. The molecule has 1 aromatic carbocycles. The predicted molar refractivity (Wildman–Crippen MR) is 105 cm³/mol. The second-order valence-electron chi connectivity index (χ2n) is 8.39. The number of likely N-dealkylation sites (tertiary alicyclic amines) is 1. The number of halogens is 1. The second-order valence-corrected chi connectivity index (χ2v) is 8.39. The Morgan fingerprint density at radius 3 is 2.83 bits per heavy atom. The van der Waals surface area contributed by atoms with E-state index in [-0.39, 0.29) is 29.2 Å². The van der Waals surface area contributed by atoms with Crippen LogP contribution in [-0.4, -0.2) is 38.8 Å². The summed E-state index contributed by atoms with van der Waals surface area (Å²) >= 11 is 0. The minimum Gasteiger partial charge on any atom is -0.332 e.